The molecule has 9 aromatic rings. The lowest BCUT2D eigenvalue weighted by Crippen LogP contribution is -2.07. The lowest BCUT2D eigenvalue weighted by molar-refractivity contribution is 0.847. The number of aryl methyl sites for hydroxylation is 18. The summed E-state index contributed by atoms with van der Waals surface area (Å²) in [5.41, 5.74) is 42.7. The number of pyridine rings is 3. The van der Waals surface area contributed by atoms with Gasteiger partial charge in [-0.2, -0.15) is 0 Å². The zero-order chi connectivity index (χ0) is 51.2. The number of hydrogen-bond acceptors (Lipinski definition) is 6. The summed E-state index contributed by atoms with van der Waals surface area (Å²) in [6.07, 6.45) is 7.27. The van der Waals surface area contributed by atoms with E-state index in [1.165, 1.54) is 84.4 Å². The number of anilines is 3. The van der Waals surface area contributed by atoms with E-state index in [0.717, 1.165) is 97.0 Å². The Bertz CT molecular complexity index is 3070. The first-order valence-electron chi connectivity index (χ1n) is 25.4. The summed E-state index contributed by atoms with van der Waals surface area (Å²) < 4.78 is 6.86. The van der Waals surface area contributed by atoms with Crippen molar-refractivity contribution in [2.24, 2.45) is 0 Å². The first kappa shape index (κ1) is 50.7. The van der Waals surface area contributed by atoms with E-state index in [-0.39, 0.29) is 0 Å². The van der Waals surface area contributed by atoms with E-state index in [1.54, 1.807) is 0 Å². The average Bonchev–Trinajstić information content (AvgIpc) is 3.97. The minimum absolute atomic E-state index is 0.579. The molecule has 72 heavy (non-hydrogen) atoms. The van der Waals surface area contributed by atoms with Crippen molar-refractivity contribution < 1.29 is 0 Å². The fourth-order valence-electron chi connectivity index (χ4n) is 10.3. The van der Waals surface area contributed by atoms with Crippen LogP contribution >= 0.6 is 0 Å². The summed E-state index contributed by atoms with van der Waals surface area (Å²) in [5.74, 6) is 2.59. The fraction of sp³-hybridized carbons (Fsp3) is 0.286. The van der Waals surface area contributed by atoms with Crippen LogP contribution in [-0.4, -0.2) is 28.7 Å². The molecule has 9 nitrogen and oxygen atoms in total. The van der Waals surface area contributed by atoms with Gasteiger partial charge in [-0.3, -0.25) is 0 Å². The summed E-state index contributed by atoms with van der Waals surface area (Å²) in [5, 5.41) is 0. The van der Waals surface area contributed by atoms with Gasteiger partial charge in [0.15, 0.2) is 0 Å². The van der Waals surface area contributed by atoms with Crippen LogP contribution in [-0.2, 0) is 51.4 Å². The number of hydrogen-bond donors (Lipinski definition) is 3. The molecule has 0 saturated heterocycles. The Morgan fingerprint density at radius 2 is 0.625 bits per heavy atom. The van der Waals surface area contributed by atoms with Gasteiger partial charge in [0.05, 0.1) is 0 Å². The molecule has 0 aliphatic carbocycles. The normalized spacial score (nSPS) is 11.2. The zero-order valence-corrected chi connectivity index (χ0v) is 44.2. The van der Waals surface area contributed by atoms with E-state index in [4.69, 9.17) is 27.2 Å². The molecule has 6 aromatic heterocycles. The Hall–Kier alpha value is -7.65. The van der Waals surface area contributed by atoms with Crippen molar-refractivity contribution in [2.75, 3.05) is 17.2 Å². The third-order valence-electron chi connectivity index (χ3n) is 13.6. The standard InChI is InChI=1S/C40H45N5.C23H28N4/c1-26-19-36(41-39(21-26)44-30(5)11-12-31(44)6)17-15-34-23-35(25-38(24-34)43-28(3)9-10-29(43)4)16-18-37-20-27(2)22-40(42-37)45-32(7)13-14-33(45)8;1-15-7-17(12-20(24)8-15)3-4-18-11-19(14-21(25)13-18)5-6-22-9-16(2)10-23(26)27-22/h9-14,19-25H,15-18H2,1-8H3;7-14H,3-6,24-25H2,1-2H3,(H2,26,27). The van der Waals surface area contributed by atoms with Crippen LogP contribution in [0, 0.1) is 69.2 Å². The molecule has 3 aromatic carbocycles. The Morgan fingerprint density at radius 1 is 0.306 bits per heavy atom. The highest BCUT2D eigenvalue weighted by atomic mass is 15.1. The molecule has 6 N–H and O–H groups in total. The number of nitrogens with two attached hydrogens (primary N) is 3. The molecular formula is C63H73N9. The van der Waals surface area contributed by atoms with Gasteiger partial charge in [0.25, 0.3) is 0 Å². The van der Waals surface area contributed by atoms with Gasteiger partial charge in [0.1, 0.15) is 17.5 Å². The molecule has 0 atom stereocenters. The van der Waals surface area contributed by atoms with Crippen molar-refractivity contribution in [3.63, 3.8) is 0 Å². The van der Waals surface area contributed by atoms with Crippen molar-refractivity contribution in [3.8, 4) is 17.3 Å². The first-order chi connectivity index (χ1) is 34.4. The molecular weight excluding hydrogens is 883 g/mol. The zero-order valence-electron chi connectivity index (χ0n) is 44.2. The van der Waals surface area contributed by atoms with Gasteiger partial charge in [-0.25, -0.2) is 15.0 Å². The number of aromatic nitrogens is 6. The van der Waals surface area contributed by atoms with E-state index in [2.05, 4.69) is 184 Å². The monoisotopic (exact) mass is 956 g/mol. The van der Waals surface area contributed by atoms with Gasteiger partial charge in [0, 0.05) is 68.3 Å². The van der Waals surface area contributed by atoms with Crippen LogP contribution < -0.4 is 17.2 Å². The SMILES string of the molecule is Cc1cc(CCc2cc(CCc3cc(C)cc(-n4c(C)ccc4C)n3)cc(-n3c(C)ccc3C)c2)nc(-n2c(C)ccc2C)c1.Cc1cc(N)cc(CCc2cc(N)cc(CCc3cc(C)cc(N)n3)c2)c1. The van der Waals surface area contributed by atoms with E-state index in [0.29, 0.717) is 5.82 Å². The minimum atomic E-state index is 0.579. The summed E-state index contributed by atoms with van der Waals surface area (Å²) in [6.45, 7) is 21.4. The molecule has 0 bridgehead atoms. The summed E-state index contributed by atoms with van der Waals surface area (Å²) in [7, 11) is 0. The van der Waals surface area contributed by atoms with Crippen LogP contribution in [0.4, 0.5) is 17.2 Å². The Morgan fingerprint density at radius 3 is 1.03 bits per heavy atom. The predicted octanol–water partition coefficient (Wildman–Crippen LogP) is 12.9. The van der Waals surface area contributed by atoms with Gasteiger partial charge in [-0.15, -0.1) is 0 Å². The van der Waals surface area contributed by atoms with Gasteiger partial charge >= 0.3 is 0 Å². The van der Waals surface area contributed by atoms with Crippen molar-refractivity contribution in [2.45, 2.75) is 121 Å². The van der Waals surface area contributed by atoms with Crippen LogP contribution in [0.3, 0.4) is 0 Å². The van der Waals surface area contributed by atoms with Crippen molar-refractivity contribution in [3.05, 3.63) is 229 Å². The Kier molecular flexibility index (Phi) is 15.6. The predicted molar refractivity (Wildman–Crippen MR) is 300 cm³/mol. The second-order valence-corrected chi connectivity index (χ2v) is 20.2. The maximum atomic E-state index is 6.14. The topological polar surface area (TPSA) is 132 Å². The minimum Gasteiger partial charge on any atom is -0.399 e. The van der Waals surface area contributed by atoms with Gasteiger partial charge in [-0.05, 0) is 280 Å². The Labute approximate surface area is 427 Å². The van der Waals surface area contributed by atoms with Gasteiger partial charge in [-0.1, -0.05) is 18.2 Å². The highest BCUT2D eigenvalue weighted by Crippen LogP contribution is 2.25. The lowest BCUT2D eigenvalue weighted by atomic mass is 9.98. The van der Waals surface area contributed by atoms with Gasteiger partial charge in [0.2, 0.25) is 0 Å². The third kappa shape index (κ3) is 12.8. The quantitative estimate of drug-likeness (QED) is 0.0877. The molecule has 6 heterocycles. The molecule has 0 spiro atoms. The van der Waals surface area contributed by atoms with Crippen molar-refractivity contribution in [1.82, 2.24) is 28.7 Å². The van der Waals surface area contributed by atoms with Crippen molar-refractivity contribution in [1.29, 1.82) is 0 Å². The summed E-state index contributed by atoms with van der Waals surface area (Å²) in [4.78, 5) is 14.6. The largest absolute Gasteiger partial charge is 0.399 e. The lowest BCUT2D eigenvalue weighted by Gasteiger charge is -2.16. The van der Waals surface area contributed by atoms with Crippen molar-refractivity contribution >= 4 is 17.2 Å². The van der Waals surface area contributed by atoms with Crippen LogP contribution in [0.25, 0.3) is 17.3 Å². The molecule has 9 rings (SSSR count). The molecule has 0 amide bonds. The van der Waals surface area contributed by atoms with Crippen LogP contribution in [0.1, 0.15) is 101 Å². The van der Waals surface area contributed by atoms with E-state index >= 15 is 0 Å². The smallest absolute Gasteiger partial charge is 0.137 e. The van der Waals surface area contributed by atoms with Crippen LogP contribution in [0.2, 0.25) is 0 Å². The highest BCUT2D eigenvalue weighted by molar-refractivity contribution is 5.48. The van der Waals surface area contributed by atoms with Crippen LogP contribution in [0.15, 0.2) is 127 Å². The van der Waals surface area contributed by atoms with Crippen LogP contribution in [0.5, 0.6) is 0 Å². The van der Waals surface area contributed by atoms with E-state index in [1.807, 2.05) is 31.2 Å². The molecule has 0 saturated carbocycles. The summed E-state index contributed by atoms with van der Waals surface area (Å²) in [6, 6.07) is 45.6. The maximum absolute atomic E-state index is 6.14. The second kappa shape index (κ2) is 22.2. The summed E-state index contributed by atoms with van der Waals surface area (Å²) >= 11 is 0. The number of benzene rings is 3. The number of rotatable bonds is 15. The van der Waals surface area contributed by atoms with Gasteiger partial charge < -0.3 is 30.9 Å². The molecule has 0 aliphatic rings. The van der Waals surface area contributed by atoms with E-state index < -0.39 is 0 Å². The molecule has 9 heteroatoms. The maximum Gasteiger partial charge on any atom is 0.137 e. The molecule has 370 valence electrons. The third-order valence-corrected chi connectivity index (χ3v) is 13.6. The second-order valence-electron chi connectivity index (χ2n) is 20.2. The molecule has 0 fully saturated rings. The average molecular weight is 956 g/mol. The molecule has 0 radical (unpaired) electrons. The highest BCUT2D eigenvalue weighted by Gasteiger charge is 2.13. The first-order valence-corrected chi connectivity index (χ1v) is 25.4. The molecule has 0 aliphatic heterocycles. The number of nitrogen functional groups attached to an aromatic ring is 3. The molecule has 0 unspecified atom stereocenters. The fourth-order valence-corrected chi connectivity index (χ4v) is 10.3. The Balaban J connectivity index is 0.000000219. The van der Waals surface area contributed by atoms with E-state index in [9.17, 15) is 0 Å². The number of nitrogens with zero attached hydrogens (tertiary/aromatic N) is 6.